The van der Waals surface area contributed by atoms with Gasteiger partial charge >= 0.3 is 0 Å². The van der Waals surface area contributed by atoms with Gasteiger partial charge in [0.2, 0.25) is 5.91 Å². The summed E-state index contributed by atoms with van der Waals surface area (Å²) in [5, 5.41) is 11.0. The van der Waals surface area contributed by atoms with Crippen LogP contribution in [0.2, 0.25) is 0 Å². The number of carbonyl (C=O) groups excluding carboxylic acids is 1. The molecule has 0 aliphatic carbocycles. The highest BCUT2D eigenvalue weighted by molar-refractivity contribution is 8.00. The van der Waals surface area contributed by atoms with E-state index in [1.54, 1.807) is 7.05 Å². The third kappa shape index (κ3) is 2.73. The lowest BCUT2D eigenvalue weighted by atomic mass is 10.2. The second-order valence-electron chi connectivity index (χ2n) is 2.86. The number of nitrogens with zero attached hydrogens (tertiary/aromatic N) is 2. The Kier molecular flexibility index (Phi) is 4.09. The number of rotatable bonds is 3. The van der Waals surface area contributed by atoms with Gasteiger partial charge in [0.25, 0.3) is 0 Å². The molecule has 0 aromatic carbocycles. The maximum atomic E-state index is 11.5. The Morgan fingerprint density at radius 2 is 2.17 bits per heavy atom. The predicted molar refractivity (Wildman–Crippen MR) is 50.6 cm³/mol. The average molecular weight is 190 g/mol. The van der Waals surface area contributed by atoms with Gasteiger partial charge < -0.3 is 10.1 Å². The van der Waals surface area contributed by atoms with E-state index in [1.807, 2.05) is 20.1 Å². The normalized spacial score (nSPS) is 12.0. The summed E-state index contributed by atoms with van der Waals surface area (Å²) in [5.74, 6) is -0.0900. The molecule has 0 fully saturated rings. The van der Waals surface area contributed by atoms with Crippen molar-refractivity contribution in [1.29, 1.82) is 0 Å². The van der Waals surface area contributed by atoms with E-state index in [0.717, 1.165) is 6.34 Å². The molecule has 12 heavy (non-hydrogen) atoms. The number of hydrogen-bond donors (Lipinski definition) is 1. The van der Waals surface area contributed by atoms with Crippen LogP contribution in [-0.4, -0.2) is 40.4 Å². The first-order valence-electron chi connectivity index (χ1n) is 3.45. The van der Waals surface area contributed by atoms with Crippen LogP contribution >= 0.6 is 11.8 Å². The first kappa shape index (κ1) is 11.3. The molecule has 70 valence electrons. The Hall–Kier alpha value is -0.710. The molecule has 4 nitrogen and oxygen atoms in total. The minimum absolute atomic E-state index is 0.0900. The molecular weight excluding hydrogens is 176 g/mol. The molecule has 0 heterocycles. The van der Waals surface area contributed by atoms with E-state index >= 15 is 0 Å². The number of oxime groups is 1. The fourth-order valence-electron chi connectivity index (χ4n) is 0.642. The Morgan fingerprint density at radius 3 is 2.50 bits per heavy atom. The molecule has 1 N–H and O–H groups in total. The lowest BCUT2D eigenvalue weighted by molar-refractivity contribution is -0.127. The standard InChI is InChI=1S/C7H14N2O2S/c1-7(2,12-4)6(10)9(3)5-8-11/h5,11H,1-4H3. The summed E-state index contributed by atoms with van der Waals surface area (Å²) < 4.78 is -0.476. The molecule has 0 radical (unpaired) electrons. The monoisotopic (exact) mass is 190 g/mol. The van der Waals surface area contributed by atoms with Crippen LogP contribution in [-0.2, 0) is 4.79 Å². The Labute approximate surface area is 76.6 Å². The zero-order valence-electron chi connectivity index (χ0n) is 7.74. The number of carbonyl (C=O) groups is 1. The van der Waals surface area contributed by atoms with Crippen LogP contribution in [0.1, 0.15) is 13.8 Å². The van der Waals surface area contributed by atoms with Gasteiger partial charge in [0.1, 0.15) is 6.34 Å². The molecule has 0 spiro atoms. The topological polar surface area (TPSA) is 52.9 Å². The highest BCUT2D eigenvalue weighted by atomic mass is 32.2. The van der Waals surface area contributed by atoms with Crippen molar-refractivity contribution in [2.75, 3.05) is 13.3 Å². The summed E-state index contributed by atoms with van der Waals surface area (Å²) in [6, 6.07) is 0. The maximum absolute atomic E-state index is 11.5. The molecule has 0 atom stereocenters. The fraction of sp³-hybridized carbons (Fsp3) is 0.714. The van der Waals surface area contributed by atoms with Gasteiger partial charge in [-0.2, -0.15) is 0 Å². The van der Waals surface area contributed by atoms with Crippen molar-refractivity contribution in [3.8, 4) is 0 Å². The maximum Gasteiger partial charge on any atom is 0.243 e. The fourth-order valence-corrected chi connectivity index (χ4v) is 0.961. The molecule has 0 aromatic rings. The van der Waals surface area contributed by atoms with E-state index in [1.165, 1.54) is 16.7 Å². The van der Waals surface area contributed by atoms with Crippen LogP contribution in [0, 0.1) is 0 Å². The molecule has 0 rings (SSSR count). The van der Waals surface area contributed by atoms with Crippen molar-refractivity contribution in [2.24, 2.45) is 5.16 Å². The van der Waals surface area contributed by atoms with E-state index in [2.05, 4.69) is 5.16 Å². The minimum atomic E-state index is -0.476. The summed E-state index contributed by atoms with van der Waals surface area (Å²) in [6.07, 6.45) is 2.95. The largest absolute Gasteiger partial charge is 0.410 e. The van der Waals surface area contributed by atoms with Crippen molar-refractivity contribution < 1.29 is 10.0 Å². The summed E-state index contributed by atoms with van der Waals surface area (Å²) >= 11 is 1.45. The number of amides is 1. The zero-order valence-corrected chi connectivity index (χ0v) is 8.55. The van der Waals surface area contributed by atoms with Crippen molar-refractivity contribution in [3.63, 3.8) is 0 Å². The first-order chi connectivity index (χ1) is 5.45. The molecule has 0 aromatic heterocycles. The van der Waals surface area contributed by atoms with Crippen LogP contribution in [0.4, 0.5) is 0 Å². The van der Waals surface area contributed by atoms with Crippen LogP contribution < -0.4 is 0 Å². The molecule has 0 aliphatic rings. The second-order valence-corrected chi connectivity index (χ2v) is 4.29. The third-order valence-electron chi connectivity index (χ3n) is 1.57. The van der Waals surface area contributed by atoms with E-state index in [4.69, 9.17) is 5.21 Å². The summed E-state index contributed by atoms with van der Waals surface area (Å²) in [5.41, 5.74) is 0. The highest BCUT2D eigenvalue weighted by Gasteiger charge is 2.28. The summed E-state index contributed by atoms with van der Waals surface area (Å²) in [7, 11) is 1.56. The third-order valence-corrected chi connectivity index (χ3v) is 2.77. The molecule has 0 aliphatic heterocycles. The molecule has 5 heteroatoms. The van der Waals surface area contributed by atoms with Crippen molar-refractivity contribution in [3.05, 3.63) is 0 Å². The molecule has 0 bridgehead atoms. The Bertz CT molecular complexity index is 192. The number of hydrogen-bond acceptors (Lipinski definition) is 4. The Morgan fingerprint density at radius 1 is 1.67 bits per heavy atom. The Balaban J connectivity index is 4.38. The quantitative estimate of drug-likeness (QED) is 0.313. The van der Waals surface area contributed by atoms with Gasteiger partial charge in [0.05, 0.1) is 4.75 Å². The van der Waals surface area contributed by atoms with Gasteiger partial charge in [0, 0.05) is 7.05 Å². The molecule has 0 unspecified atom stereocenters. The van der Waals surface area contributed by atoms with Gasteiger partial charge in [-0.05, 0) is 20.1 Å². The summed E-state index contributed by atoms with van der Waals surface area (Å²) in [6.45, 7) is 3.64. The van der Waals surface area contributed by atoms with Crippen LogP contribution in [0.5, 0.6) is 0 Å². The van der Waals surface area contributed by atoms with Crippen LogP contribution in [0.25, 0.3) is 0 Å². The zero-order chi connectivity index (χ0) is 9.78. The predicted octanol–water partition coefficient (Wildman–Crippen LogP) is 1.00. The van der Waals surface area contributed by atoms with Crippen molar-refractivity contribution >= 4 is 24.0 Å². The second kappa shape index (κ2) is 4.35. The van der Waals surface area contributed by atoms with Crippen LogP contribution in [0.15, 0.2) is 5.16 Å². The van der Waals surface area contributed by atoms with Gasteiger partial charge in [-0.1, -0.05) is 5.16 Å². The smallest absolute Gasteiger partial charge is 0.243 e. The molecule has 1 amide bonds. The van der Waals surface area contributed by atoms with E-state index in [-0.39, 0.29) is 5.91 Å². The summed E-state index contributed by atoms with van der Waals surface area (Å²) in [4.78, 5) is 12.7. The van der Waals surface area contributed by atoms with Gasteiger partial charge in [0.15, 0.2) is 0 Å². The SMILES string of the molecule is CSC(C)(C)C(=O)N(C)C=NO. The van der Waals surface area contributed by atoms with Crippen molar-refractivity contribution in [1.82, 2.24) is 4.90 Å². The van der Waals surface area contributed by atoms with Gasteiger partial charge in [-0.3, -0.25) is 4.79 Å². The first-order valence-corrected chi connectivity index (χ1v) is 4.68. The lowest BCUT2D eigenvalue weighted by Crippen LogP contribution is -2.40. The van der Waals surface area contributed by atoms with Gasteiger partial charge in [-0.15, -0.1) is 11.8 Å². The molecular formula is C7H14N2O2S. The highest BCUT2D eigenvalue weighted by Crippen LogP contribution is 2.22. The number of thioether (sulfide) groups is 1. The minimum Gasteiger partial charge on any atom is -0.410 e. The van der Waals surface area contributed by atoms with E-state index in [9.17, 15) is 4.79 Å². The van der Waals surface area contributed by atoms with Crippen LogP contribution in [0.3, 0.4) is 0 Å². The van der Waals surface area contributed by atoms with Crippen molar-refractivity contribution in [2.45, 2.75) is 18.6 Å². The van der Waals surface area contributed by atoms with E-state index < -0.39 is 4.75 Å². The molecule has 0 saturated heterocycles. The molecule has 0 saturated carbocycles. The van der Waals surface area contributed by atoms with E-state index in [0.29, 0.717) is 0 Å². The average Bonchev–Trinajstić information content (AvgIpc) is 2.03. The lowest BCUT2D eigenvalue weighted by Gasteiger charge is -2.24. The van der Waals surface area contributed by atoms with Gasteiger partial charge in [-0.25, -0.2) is 0 Å².